The van der Waals surface area contributed by atoms with E-state index in [1.807, 2.05) is 31.2 Å². The lowest BCUT2D eigenvalue weighted by Gasteiger charge is -2.26. The fourth-order valence-corrected chi connectivity index (χ4v) is 3.80. The number of amides is 2. The third-order valence-corrected chi connectivity index (χ3v) is 5.53. The number of aryl methyl sites for hydroxylation is 2. The van der Waals surface area contributed by atoms with E-state index in [1.54, 1.807) is 48.0 Å². The molecule has 1 aliphatic rings. The quantitative estimate of drug-likeness (QED) is 0.667. The zero-order chi connectivity index (χ0) is 22.7. The second-order valence-corrected chi connectivity index (χ2v) is 7.60. The van der Waals surface area contributed by atoms with Gasteiger partial charge in [-0.2, -0.15) is 5.10 Å². The highest BCUT2D eigenvalue weighted by Crippen LogP contribution is 2.32. The number of hydrogen-bond donors (Lipinski definition) is 1. The molecule has 4 rings (SSSR count). The monoisotopic (exact) mass is 434 g/mol. The first-order valence-corrected chi connectivity index (χ1v) is 10.4. The molecule has 2 aromatic carbocycles. The minimum Gasteiger partial charge on any atom is -0.497 e. The molecule has 1 saturated heterocycles. The molecule has 8 nitrogen and oxygen atoms in total. The number of rotatable bonds is 5. The second-order valence-electron chi connectivity index (χ2n) is 7.60. The van der Waals surface area contributed by atoms with Crippen molar-refractivity contribution in [2.45, 2.75) is 6.92 Å². The van der Waals surface area contributed by atoms with Crippen molar-refractivity contribution in [3.63, 3.8) is 0 Å². The summed E-state index contributed by atoms with van der Waals surface area (Å²) in [6.45, 7) is 4.16. The van der Waals surface area contributed by atoms with Crippen molar-refractivity contribution >= 4 is 17.6 Å². The number of ether oxygens (including phenoxy) is 2. The average Bonchev–Trinajstić information content (AvgIpc) is 3.11. The van der Waals surface area contributed by atoms with Crippen LogP contribution < -0.4 is 10.1 Å². The lowest BCUT2D eigenvalue weighted by Crippen LogP contribution is -2.40. The van der Waals surface area contributed by atoms with E-state index in [0.29, 0.717) is 43.2 Å². The summed E-state index contributed by atoms with van der Waals surface area (Å²) in [6, 6.07) is 14.3. The maximum Gasteiger partial charge on any atom is 0.256 e. The van der Waals surface area contributed by atoms with Gasteiger partial charge in [-0.3, -0.25) is 14.3 Å². The third-order valence-electron chi connectivity index (χ3n) is 5.53. The van der Waals surface area contributed by atoms with Crippen LogP contribution in [0.15, 0.2) is 48.5 Å². The first kappa shape index (κ1) is 21.6. The Kier molecular flexibility index (Phi) is 6.23. The minimum absolute atomic E-state index is 0.0516. The van der Waals surface area contributed by atoms with Crippen LogP contribution in [0.3, 0.4) is 0 Å². The molecule has 1 N–H and O–H groups in total. The molecule has 0 aliphatic carbocycles. The van der Waals surface area contributed by atoms with Gasteiger partial charge in [-0.05, 0) is 48.9 Å². The Morgan fingerprint density at radius 3 is 2.25 bits per heavy atom. The van der Waals surface area contributed by atoms with Crippen molar-refractivity contribution in [3.05, 3.63) is 65.4 Å². The third kappa shape index (κ3) is 4.36. The molecular formula is C24H26N4O4. The summed E-state index contributed by atoms with van der Waals surface area (Å²) in [4.78, 5) is 27.3. The maximum absolute atomic E-state index is 13.0. The van der Waals surface area contributed by atoms with Gasteiger partial charge in [0.25, 0.3) is 11.8 Å². The highest BCUT2D eigenvalue weighted by molar-refractivity contribution is 6.06. The average molecular weight is 434 g/mol. The van der Waals surface area contributed by atoms with Crippen LogP contribution in [0.4, 0.5) is 5.82 Å². The van der Waals surface area contributed by atoms with Crippen LogP contribution in [0.25, 0.3) is 11.1 Å². The van der Waals surface area contributed by atoms with Gasteiger partial charge in [-0.25, -0.2) is 0 Å². The summed E-state index contributed by atoms with van der Waals surface area (Å²) in [5.41, 5.74) is 3.60. The summed E-state index contributed by atoms with van der Waals surface area (Å²) in [6.07, 6.45) is 0. The van der Waals surface area contributed by atoms with Gasteiger partial charge in [0.15, 0.2) is 0 Å². The predicted octanol–water partition coefficient (Wildman–Crippen LogP) is 3.13. The van der Waals surface area contributed by atoms with Crippen molar-refractivity contribution in [1.29, 1.82) is 0 Å². The van der Waals surface area contributed by atoms with Crippen LogP contribution in [0.1, 0.15) is 26.4 Å². The molecule has 2 heterocycles. The van der Waals surface area contributed by atoms with Gasteiger partial charge in [0.2, 0.25) is 0 Å². The fraction of sp³-hybridized carbons (Fsp3) is 0.292. The Bertz CT molecular complexity index is 1110. The molecular weight excluding hydrogens is 408 g/mol. The molecule has 166 valence electrons. The van der Waals surface area contributed by atoms with E-state index >= 15 is 0 Å². The number of hydrogen-bond acceptors (Lipinski definition) is 5. The Hall–Kier alpha value is -3.65. The van der Waals surface area contributed by atoms with Crippen molar-refractivity contribution in [1.82, 2.24) is 14.7 Å². The normalized spacial score (nSPS) is 13.7. The molecule has 0 atom stereocenters. The predicted molar refractivity (Wildman–Crippen MR) is 121 cm³/mol. The molecule has 32 heavy (non-hydrogen) atoms. The largest absolute Gasteiger partial charge is 0.497 e. The van der Waals surface area contributed by atoms with E-state index in [4.69, 9.17) is 9.47 Å². The standard InChI is InChI=1S/C24H26N4O4/c1-16-21(17-8-10-20(31-3)11-9-17)22(27(2)26-16)25-23(29)18-4-6-19(7-5-18)24(30)28-12-14-32-15-13-28/h4-11H,12-15H2,1-3H3,(H,25,29). The van der Waals surface area contributed by atoms with Gasteiger partial charge >= 0.3 is 0 Å². The molecule has 3 aromatic rings. The lowest BCUT2D eigenvalue weighted by atomic mass is 10.1. The molecule has 1 fully saturated rings. The number of aromatic nitrogens is 2. The smallest absolute Gasteiger partial charge is 0.256 e. The summed E-state index contributed by atoms with van der Waals surface area (Å²) >= 11 is 0. The van der Waals surface area contributed by atoms with E-state index < -0.39 is 0 Å². The van der Waals surface area contributed by atoms with Gasteiger partial charge in [-0.1, -0.05) is 12.1 Å². The van der Waals surface area contributed by atoms with E-state index in [9.17, 15) is 9.59 Å². The highest BCUT2D eigenvalue weighted by Gasteiger charge is 2.20. The summed E-state index contributed by atoms with van der Waals surface area (Å²) < 4.78 is 12.2. The molecule has 8 heteroatoms. The van der Waals surface area contributed by atoms with Crippen LogP contribution in [-0.4, -0.2) is 59.9 Å². The number of anilines is 1. The topological polar surface area (TPSA) is 85.7 Å². The number of nitrogens with zero attached hydrogens (tertiary/aromatic N) is 3. The molecule has 1 aliphatic heterocycles. The Morgan fingerprint density at radius 2 is 1.62 bits per heavy atom. The van der Waals surface area contributed by atoms with Crippen LogP contribution in [0.2, 0.25) is 0 Å². The van der Waals surface area contributed by atoms with E-state index in [2.05, 4.69) is 10.4 Å². The van der Waals surface area contributed by atoms with Crippen molar-refractivity contribution in [3.8, 4) is 16.9 Å². The fourth-order valence-electron chi connectivity index (χ4n) is 3.80. The Labute approximate surface area is 186 Å². The van der Waals surface area contributed by atoms with E-state index in [1.165, 1.54) is 0 Å². The van der Waals surface area contributed by atoms with Gasteiger partial charge in [0, 0.05) is 36.8 Å². The van der Waals surface area contributed by atoms with Gasteiger partial charge in [0.1, 0.15) is 11.6 Å². The minimum atomic E-state index is -0.270. The van der Waals surface area contributed by atoms with E-state index in [-0.39, 0.29) is 11.8 Å². The first-order valence-electron chi connectivity index (χ1n) is 10.4. The Balaban J connectivity index is 1.53. The van der Waals surface area contributed by atoms with Crippen molar-refractivity contribution < 1.29 is 19.1 Å². The van der Waals surface area contributed by atoms with Gasteiger partial charge in [0.05, 0.1) is 26.0 Å². The number of benzene rings is 2. The van der Waals surface area contributed by atoms with Gasteiger partial charge < -0.3 is 19.7 Å². The molecule has 0 bridgehead atoms. The van der Waals surface area contributed by atoms with Gasteiger partial charge in [-0.15, -0.1) is 0 Å². The molecule has 2 amide bonds. The summed E-state index contributed by atoms with van der Waals surface area (Å²) in [7, 11) is 3.41. The van der Waals surface area contributed by atoms with Crippen LogP contribution in [-0.2, 0) is 11.8 Å². The molecule has 0 unspecified atom stereocenters. The number of carbonyl (C=O) groups excluding carboxylic acids is 2. The maximum atomic E-state index is 13.0. The van der Waals surface area contributed by atoms with Crippen molar-refractivity contribution in [2.24, 2.45) is 7.05 Å². The zero-order valence-corrected chi connectivity index (χ0v) is 18.4. The number of carbonyl (C=O) groups is 2. The van der Waals surface area contributed by atoms with Crippen molar-refractivity contribution in [2.75, 3.05) is 38.7 Å². The van der Waals surface area contributed by atoms with E-state index in [0.717, 1.165) is 22.6 Å². The first-order chi connectivity index (χ1) is 15.5. The Morgan fingerprint density at radius 1 is 1.00 bits per heavy atom. The molecule has 0 saturated carbocycles. The SMILES string of the molecule is COc1ccc(-c2c(C)nn(C)c2NC(=O)c2ccc(C(=O)N3CCOCC3)cc2)cc1. The number of morpholine rings is 1. The summed E-state index contributed by atoms with van der Waals surface area (Å²) in [5, 5.41) is 7.45. The molecule has 0 radical (unpaired) electrons. The van der Waals surface area contributed by atoms with Crippen LogP contribution in [0, 0.1) is 6.92 Å². The molecule has 1 aromatic heterocycles. The van der Waals surface area contributed by atoms with Crippen LogP contribution >= 0.6 is 0 Å². The molecule has 0 spiro atoms. The number of nitrogens with one attached hydrogen (secondary N) is 1. The second kappa shape index (κ2) is 9.23. The highest BCUT2D eigenvalue weighted by atomic mass is 16.5. The van der Waals surface area contributed by atoms with Crippen LogP contribution in [0.5, 0.6) is 5.75 Å². The summed E-state index contributed by atoms with van der Waals surface area (Å²) in [5.74, 6) is 1.04. The zero-order valence-electron chi connectivity index (χ0n) is 18.4. The number of methoxy groups -OCH3 is 1. The lowest BCUT2D eigenvalue weighted by molar-refractivity contribution is 0.0303.